The largest absolute Gasteiger partial charge is 0.363 e. The molecule has 2 heterocycles. The number of methoxy groups -OCH3 is 1. The highest BCUT2D eigenvalue weighted by Crippen LogP contribution is 2.33. The lowest BCUT2D eigenvalue weighted by Crippen LogP contribution is -2.26. The first-order valence-electron chi connectivity index (χ1n) is 7.68. The average molecular weight is 438 g/mol. The topological polar surface area (TPSA) is 57.0 Å². The second kappa shape index (κ2) is 6.42. The van der Waals surface area contributed by atoms with Gasteiger partial charge >= 0.3 is 0 Å². The summed E-state index contributed by atoms with van der Waals surface area (Å²) >= 11 is 5.08. The Hall–Kier alpha value is -1.35. The lowest BCUT2D eigenvalue weighted by molar-refractivity contribution is 0.117. The molecule has 130 valence electrons. The molecule has 1 aliphatic carbocycles. The van der Waals surface area contributed by atoms with Crippen molar-refractivity contribution in [3.63, 3.8) is 0 Å². The summed E-state index contributed by atoms with van der Waals surface area (Å²) in [5, 5.41) is 0. The van der Waals surface area contributed by atoms with Gasteiger partial charge in [0, 0.05) is 26.3 Å². The minimum Gasteiger partial charge on any atom is -0.363 e. The molecule has 0 N–H and O–H groups in total. The Labute approximate surface area is 160 Å². The van der Waals surface area contributed by atoms with Crippen molar-refractivity contribution in [2.45, 2.75) is 21.8 Å². The third-order valence-electron chi connectivity index (χ3n) is 4.23. The number of imidazole rings is 1. The Morgan fingerprint density at radius 3 is 3.08 bits per heavy atom. The van der Waals surface area contributed by atoms with Crippen molar-refractivity contribution in [3.05, 3.63) is 47.6 Å². The molecule has 0 spiro atoms. The number of fused-ring (bicyclic) bond motifs is 2. The summed E-state index contributed by atoms with van der Waals surface area (Å²) in [7, 11) is 0.640. The molecule has 5 nitrogen and oxygen atoms in total. The summed E-state index contributed by atoms with van der Waals surface area (Å²) in [5.74, 6) is 0. The summed E-state index contributed by atoms with van der Waals surface area (Å²) in [6.07, 6.45) is 8.29. The lowest BCUT2D eigenvalue weighted by atomic mass is 10.1. The van der Waals surface area contributed by atoms with Crippen LogP contribution >= 0.6 is 27.3 Å². The van der Waals surface area contributed by atoms with E-state index in [1.54, 1.807) is 13.4 Å². The zero-order chi connectivity index (χ0) is 17.6. The molecule has 1 aliphatic rings. The van der Waals surface area contributed by atoms with Gasteiger partial charge in [0.1, 0.15) is 4.51 Å². The molecule has 0 bridgehead atoms. The van der Waals surface area contributed by atoms with E-state index in [0.717, 1.165) is 28.1 Å². The number of rotatable bonds is 4. The van der Waals surface area contributed by atoms with Crippen LogP contribution in [0.2, 0.25) is 0 Å². The molecule has 0 saturated carbocycles. The molecule has 1 aromatic carbocycles. The lowest BCUT2D eigenvalue weighted by Gasteiger charge is -2.25. The van der Waals surface area contributed by atoms with Crippen LogP contribution in [0.4, 0.5) is 0 Å². The normalized spacial score (nSPS) is 20.8. The second-order valence-corrected chi connectivity index (χ2v) is 9.87. The minimum atomic E-state index is -1.04. The number of nitrogens with zero attached hydrogens (tertiary/aromatic N) is 3. The fourth-order valence-corrected chi connectivity index (χ4v) is 5.01. The molecule has 4 rings (SSSR count). The Morgan fingerprint density at radius 2 is 2.32 bits per heavy atom. The molecule has 0 radical (unpaired) electrons. The number of ether oxygens (including phenoxy) is 1. The highest BCUT2D eigenvalue weighted by molar-refractivity contribution is 9.10. The highest BCUT2D eigenvalue weighted by atomic mass is 79.9. The molecule has 3 aromatic rings. The van der Waals surface area contributed by atoms with Gasteiger partial charge in [0.05, 0.1) is 38.7 Å². The molecule has 0 amide bonds. The van der Waals surface area contributed by atoms with E-state index in [0.29, 0.717) is 10.8 Å². The predicted molar refractivity (Wildman–Crippen MR) is 105 cm³/mol. The zero-order valence-corrected chi connectivity index (χ0v) is 16.9. The van der Waals surface area contributed by atoms with Crippen molar-refractivity contribution in [1.82, 2.24) is 14.5 Å². The van der Waals surface area contributed by atoms with E-state index < -0.39 is 15.3 Å². The van der Waals surface area contributed by atoms with Gasteiger partial charge in [-0.2, -0.15) is 0 Å². The number of hydrogen-bond donors (Lipinski definition) is 0. The van der Waals surface area contributed by atoms with Crippen LogP contribution in [0.5, 0.6) is 0 Å². The molecular formula is C17H16BrN3O2S2. The first-order valence-corrected chi connectivity index (χ1v) is 10.8. The number of hydrogen-bond acceptors (Lipinski definition) is 5. The van der Waals surface area contributed by atoms with Crippen LogP contribution in [0.15, 0.2) is 34.9 Å². The van der Waals surface area contributed by atoms with Crippen LogP contribution in [-0.4, -0.2) is 36.6 Å². The third-order valence-corrected chi connectivity index (χ3v) is 7.45. The summed E-state index contributed by atoms with van der Waals surface area (Å²) in [4.78, 5) is 8.95. The van der Waals surface area contributed by atoms with Crippen molar-refractivity contribution in [2.75, 3.05) is 13.4 Å². The van der Waals surface area contributed by atoms with Gasteiger partial charge in [0.15, 0.2) is 4.34 Å². The monoisotopic (exact) mass is 437 g/mol. The van der Waals surface area contributed by atoms with Gasteiger partial charge in [-0.1, -0.05) is 6.07 Å². The SMILES string of the molecule is COC1(Br)C=Cc2c(ncn2Cc2ccc3nc(S(C)=O)sc3c2)C1. The smallest absolute Gasteiger partial charge is 0.181 e. The first-order chi connectivity index (χ1) is 12.0. The van der Waals surface area contributed by atoms with Crippen LogP contribution in [0.1, 0.15) is 17.0 Å². The maximum atomic E-state index is 11.6. The number of aromatic nitrogens is 3. The van der Waals surface area contributed by atoms with Gasteiger partial charge in [0.2, 0.25) is 0 Å². The van der Waals surface area contributed by atoms with Crippen molar-refractivity contribution in [1.29, 1.82) is 0 Å². The van der Waals surface area contributed by atoms with E-state index >= 15 is 0 Å². The van der Waals surface area contributed by atoms with Gasteiger partial charge in [-0.25, -0.2) is 9.97 Å². The molecule has 0 aliphatic heterocycles. The molecule has 0 saturated heterocycles. The fraction of sp³-hybridized carbons (Fsp3) is 0.294. The molecule has 2 unspecified atom stereocenters. The van der Waals surface area contributed by atoms with Crippen LogP contribution in [0, 0.1) is 0 Å². The number of alkyl halides is 1. The van der Waals surface area contributed by atoms with Crippen molar-refractivity contribution in [3.8, 4) is 0 Å². The molecule has 25 heavy (non-hydrogen) atoms. The quantitative estimate of drug-likeness (QED) is 0.585. The zero-order valence-electron chi connectivity index (χ0n) is 13.7. The van der Waals surface area contributed by atoms with E-state index in [9.17, 15) is 4.21 Å². The van der Waals surface area contributed by atoms with E-state index in [-0.39, 0.29) is 0 Å². The van der Waals surface area contributed by atoms with E-state index in [1.807, 2.05) is 24.5 Å². The van der Waals surface area contributed by atoms with Crippen LogP contribution in [0.3, 0.4) is 0 Å². The van der Waals surface area contributed by atoms with Crippen molar-refractivity contribution in [2.24, 2.45) is 0 Å². The van der Waals surface area contributed by atoms with E-state index in [4.69, 9.17) is 4.74 Å². The van der Waals surface area contributed by atoms with Crippen molar-refractivity contribution >= 4 is 54.4 Å². The highest BCUT2D eigenvalue weighted by Gasteiger charge is 2.29. The molecule has 2 aromatic heterocycles. The molecule has 0 fully saturated rings. The van der Waals surface area contributed by atoms with Crippen LogP contribution in [-0.2, 0) is 28.5 Å². The Balaban J connectivity index is 1.63. The van der Waals surface area contributed by atoms with Gasteiger partial charge in [0.25, 0.3) is 0 Å². The Kier molecular flexibility index (Phi) is 4.39. The van der Waals surface area contributed by atoms with Crippen LogP contribution in [0.25, 0.3) is 16.3 Å². The fourth-order valence-electron chi connectivity index (χ4n) is 2.88. The summed E-state index contributed by atoms with van der Waals surface area (Å²) < 4.78 is 20.5. The average Bonchev–Trinajstić information content (AvgIpc) is 3.18. The maximum absolute atomic E-state index is 11.6. The summed E-state index contributed by atoms with van der Waals surface area (Å²) in [5.41, 5.74) is 4.19. The standard InChI is InChI=1S/C17H16BrN3O2S2/c1-23-17(18)6-5-14-13(8-17)19-10-21(14)9-11-3-4-12-15(7-11)24-16(20-12)25(2)22/h3-7,10H,8-9H2,1-2H3. The third kappa shape index (κ3) is 3.23. The molecule has 2 atom stereocenters. The summed E-state index contributed by atoms with van der Waals surface area (Å²) in [6.45, 7) is 0.729. The molecular weight excluding hydrogens is 422 g/mol. The predicted octanol–water partition coefficient (Wildman–Crippen LogP) is 3.59. The maximum Gasteiger partial charge on any atom is 0.181 e. The second-order valence-electron chi connectivity index (χ2n) is 5.94. The Bertz CT molecular complexity index is 1010. The van der Waals surface area contributed by atoms with E-state index in [2.05, 4.69) is 42.6 Å². The van der Waals surface area contributed by atoms with Gasteiger partial charge in [-0.15, -0.1) is 11.3 Å². The molecule has 8 heteroatoms. The Morgan fingerprint density at radius 1 is 1.48 bits per heavy atom. The van der Waals surface area contributed by atoms with E-state index in [1.165, 1.54) is 16.9 Å². The van der Waals surface area contributed by atoms with Gasteiger partial charge in [-0.05, 0) is 45.8 Å². The first kappa shape index (κ1) is 17.1. The number of thiazole rings is 1. The van der Waals surface area contributed by atoms with Crippen molar-refractivity contribution < 1.29 is 8.95 Å². The number of halogens is 1. The van der Waals surface area contributed by atoms with Crippen LogP contribution < -0.4 is 0 Å². The van der Waals surface area contributed by atoms with Gasteiger partial charge in [-0.3, -0.25) is 4.21 Å². The van der Waals surface area contributed by atoms with Gasteiger partial charge < -0.3 is 9.30 Å². The summed E-state index contributed by atoms with van der Waals surface area (Å²) in [6, 6.07) is 6.17. The number of benzene rings is 1. The minimum absolute atomic E-state index is 0.465.